The molecule has 82 valence electrons. The van der Waals surface area contributed by atoms with Gasteiger partial charge in [0.15, 0.2) is 6.29 Å². The largest absolute Gasteiger partial charge is 0.394 e. The number of aliphatic hydroxyl groups excluding tert-OH is 3. The van der Waals surface area contributed by atoms with E-state index in [4.69, 9.17) is 14.6 Å². The first kappa shape index (κ1) is 11.6. The summed E-state index contributed by atoms with van der Waals surface area (Å²) in [5, 5.41) is 27.6. The maximum Gasteiger partial charge on any atom is 0.161 e. The van der Waals surface area contributed by atoms with E-state index in [0.717, 1.165) is 0 Å². The van der Waals surface area contributed by atoms with Gasteiger partial charge in [-0.05, 0) is 0 Å². The molecular weight excluding hydrogens is 188 g/mol. The molecule has 0 aromatic heterocycles. The summed E-state index contributed by atoms with van der Waals surface area (Å²) in [5.41, 5.74) is 0. The van der Waals surface area contributed by atoms with E-state index in [1.807, 2.05) is 0 Å². The van der Waals surface area contributed by atoms with Crippen LogP contribution in [0.2, 0.25) is 0 Å². The van der Waals surface area contributed by atoms with E-state index < -0.39 is 24.6 Å². The highest BCUT2D eigenvalue weighted by molar-refractivity contribution is 4.82. The number of hydrogen-bond donors (Lipinski definition) is 3. The molecular formula is C9H16O5. The minimum Gasteiger partial charge on any atom is -0.394 e. The lowest BCUT2D eigenvalue weighted by Crippen LogP contribution is -2.50. The molecule has 3 N–H and O–H groups in total. The molecule has 1 aliphatic rings. The zero-order valence-corrected chi connectivity index (χ0v) is 7.87. The van der Waals surface area contributed by atoms with E-state index in [1.54, 1.807) is 6.08 Å². The fourth-order valence-electron chi connectivity index (χ4n) is 1.35. The summed E-state index contributed by atoms with van der Waals surface area (Å²) in [6.45, 7) is 3.45. The molecule has 0 aliphatic carbocycles. The van der Waals surface area contributed by atoms with Crippen LogP contribution >= 0.6 is 0 Å². The lowest BCUT2D eigenvalue weighted by Gasteiger charge is -2.35. The Balaban J connectivity index is 2.45. The third-order valence-corrected chi connectivity index (χ3v) is 2.12. The standard InChI is InChI=1S/C9H16O5/c1-2-3-13-8-4-6(11)9(12)7(5-10)14-8/h2,6-12H,1,3-5H2/t6?,7?,8?,9-/m0/s1. The van der Waals surface area contributed by atoms with Gasteiger partial charge >= 0.3 is 0 Å². The number of hydrogen-bond acceptors (Lipinski definition) is 5. The fraction of sp³-hybridized carbons (Fsp3) is 0.778. The van der Waals surface area contributed by atoms with Crippen molar-refractivity contribution in [3.8, 4) is 0 Å². The van der Waals surface area contributed by atoms with Crippen molar-refractivity contribution in [1.29, 1.82) is 0 Å². The van der Waals surface area contributed by atoms with Gasteiger partial charge in [-0.1, -0.05) is 6.08 Å². The van der Waals surface area contributed by atoms with Crippen LogP contribution in [0.4, 0.5) is 0 Å². The second-order valence-electron chi connectivity index (χ2n) is 3.20. The maximum absolute atomic E-state index is 9.40. The van der Waals surface area contributed by atoms with Gasteiger partial charge in [0.1, 0.15) is 12.2 Å². The van der Waals surface area contributed by atoms with Crippen molar-refractivity contribution in [2.75, 3.05) is 13.2 Å². The topological polar surface area (TPSA) is 79.2 Å². The van der Waals surface area contributed by atoms with Crippen LogP contribution in [0, 0.1) is 0 Å². The summed E-state index contributed by atoms with van der Waals surface area (Å²) in [6, 6.07) is 0. The van der Waals surface area contributed by atoms with E-state index in [2.05, 4.69) is 6.58 Å². The summed E-state index contributed by atoms with van der Waals surface area (Å²) >= 11 is 0. The van der Waals surface area contributed by atoms with Crippen LogP contribution in [-0.2, 0) is 9.47 Å². The van der Waals surface area contributed by atoms with Crippen LogP contribution in [0.1, 0.15) is 6.42 Å². The van der Waals surface area contributed by atoms with Crippen LogP contribution in [0.25, 0.3) is 0 Å². The summed E-state index contributed by atoms with van der Waals surface area (Å²) in [6.07, 6.45) is -1.59. The van der Waals surface area contributed by atoms with Crippen molar-refractivity contribution in [3.63, 3.8) is 0 Å². The molecule has 1 saturated heterocycles. The molecule has 14 heavy (non-hydrogen) atoms. The second-order valence-corrected chi connectivity index (χ2v) is 3.20. The van der Waals surface area contributed by atoms with Crippen molar-refractivity contribution in [3.05, 3.63) is 12.7 Å². The van der Waals surface area contributed by atoms with Gasteiger partial charge in [-0.25, -0.2) is 0 Å². The highest BCUT2D eigenvalue weighted by atomic mass is 16.7. The van der Waals surface area contributed by atoms with Crippen LogP contribution in [0.3, 0.4) is 0 Å². The molecule has 5 heteroatoms. The zero-order valence-electron chi connectivity index (χ0n) is 7.87. The molecule has 4 atom stereocenters. The van der Waals surface area contributed by atoms with Crippen molar-refractivity contribution >= 4 is 0 Å². The molecule has 0 spiro atoms. The fourth-order valence-corrected chi connectivity index (χ4v) is 1.35. The third-order valence-electron chi connectivity index (χ3n) is 2.12. The smallest absolute Gasteiger partial charge is 0.161 e. The Kier molecular flexibility index (Phi) is 4.50. The average Bonchev–Trinajstić information content (AvgIpc) is 2.19. The number of aliphatic hydroxyl groups is 3. The Morgan fingerprint density at radius 1 is 1.50 bits per heavy atom. The van der Waals surface area contributed by atoms with Gasteiger partial charge < -0.3 is 24.8 Å². The quantitative estimate of drug-likeness (QED) is 0.513. The molecule has 0 amide bonds. The molecule has 0 radical (unpaired) electrons. The lowest BCUT2D eigenvalue weighted by molar-refractivity contribution is -0.253. The summed E-state index contributed by atoms with van der Waals surface area (Å²) < 4.78 is 10.4. The average molecular weight is 204 g/mol. The molecule has 5 nitrogen and oxygen atoms in total. The summed E-state index contributed by atoms with van der Waals surface area (Å²) in [4.78, 5) is 0. The van der Waals surface area contributed by atoms with Gasteiger partial charge in [-0.2, -0.15) is 0 Å². The first-order chi connectivity index (χ1) is 6.69. The molecule has 1 fully saturated rings. The van der Waals surface area contributed by atoms with E-state index >= 15 is 0 Å². The highest BCUT2D eigenvalue weighted by Gasteiger charge is 2.36. The van der Waals surface area contributed by atoms with Crippen molar-refractivity contribution in [2.45, 2.75) is 31.0 Å². The minimum absolute atomic E-state index is 0.200. The Labute approximate surface area is 82.6 Å². The van der Waals surface area contributed by atoms with E-state index in [-0.39, 0.29) is 13.0 Å². The van der Waals surface area contributed by atoms with Gasteiger partial charge in [0.05, 0.1) is 19.3 Å². The molecule has 0 saturated carbocycles. The van der Waals surface area contributed by atoms with Crippen molar-refractivity contribution < 1.29 is 24.8 Å². The Morgan fingerprint density at radius 2 is 2.21 bits per heavy atom. The summed E-state index contributed by atoms with van der Waals surface area (Å²) in [5.74, 6) is 0. The molecule has 1 aliphatic heterocycles. The monoisotopic (exact) mass is 204 g/mol. The van der Waals surface area contributed by atoms with Gasteiger partial charge in [-0.15, -0.1) is 6.58 Å². The highest BCUT2D eigenvalue weighted by Crippen LogP contribution is 2.20. The maximum atomic E-state index is 9.40. The zero-order chi connectivity index (χ0) is 10.6. The van der Waals surface area contributed by atoms with Crippen LogP contribution in [0.15, 0.2) is 12.7 Å². The van der Waals surface area contributed by atoms with Crippen molar-refractivity contribution in [1.82, 2.24) is 0 Å². The van der Waals surface area contributed by atoms with Gasteiger partial charge in [-0.3, -0.25) is 0 Å². The normalized spacial score (nSPS) is 38.2. The minimum atomic E-state index is -1.05. The molecule has 1 heterocycles. The SMILES string of the molecule is C=CCOC1CC(O)[C@H](O)C(CO)O1. The van der Waals surface area contributed by atoms with Gasteiger partial charge in [0.2, 0.25) is 0 Å². The van der Waals surface area contributed by atoms with E-state index in [1.165, 1.54) is 0 Å². The molecule has 1 rings (SSSR count). The summed E-state index contributed by atoms with van der Waals surface area (Å²) in [7, 11) is 0. The van der Waals surface area contributed by atoms with E-state index in [9.17, 15) is 10.2 Å². The first-order valence-electron chi connectivity index (χ1n) is 4.54. The third kappa shape index (κ3) is 2.76. The Morgan fingerprint density at radius 3 is 2.79 bits per heavy atom. The molecule has 0 aromatic carbocycles. The van der Waals surface area contributed by atoms with Crippen LogP contribution in [0.5, 0.6) is 0 Å². The second kappa shape index (κ2) is 5.43. The molecule has 3 unspecified atom stereocenters. The number of rotatable bonds is 4. The van der Waals surface area contributed by atoms with Crippen LogP contribution in [-0.4, -0.2) is 53.1 Å². The Bertz CT molecular complexity index is 184. The Hall–Kier alpha value is -0.460. The molecule has 0 aromatic rings. The predicted molar refractivity (Wildman–Crippen MR) is 48.5 cm³/mol. The van der Waals surface area contributed by atoms with Gasteiger partial charge in [0, 0.05) is 6.42 Å². The van der Waals surface area contributed by atoms with Crippen molar-refractivity contribution in [2.24, 2.45) is 0 Å². The number of ether oxygens (including phenoxy) is 2. The van der Waals surface area contributed by atoms with Crippen LogP contribution < -0.4 is 0 Å². The van der Waals surface area contributed by atoms with Gasteiger partial charge in [0.25, 0.3) is 0 Å². The molecule has 0 bridgehead atoms. The predicted octanol–water partition coefficient (Wildman–Crippen LogP) is -0.982. The first-order valence-corrected chi connectivity index (χ1v) is 4.54. The van der Waals surface area contributed by atoms with E-state index in [0.29, 0.717) is 6.61 Å². The lowest BCUT2D eigenvalue weighted by atomic mass is 10.0.